The van der Waals surface area contributed by atoms with Gasteiger partial charge in [0.2, 0.25) is 14.2 Å². The minimum Gasteiger partial charge on any atom is -0.547 e. The van der Waals surface area contributed by atoms with Crippen LogP contribution in [-0.2, 0) is 9.22 Å². The fraction of sp³-hybridized carbons (Fsp3) is 0.385. The van der Waals surface area contributed by atoms with Gasteiger partial charge in [-0.05, 0) is 56.6 Å². The van der Waals surface area contributed by atoms with Gasteiger partial charge < -0.3 is 9.33 Å². The van der Waals surface area contributed by atoms with Crippen molar-refractivity contribution < 1.29 is 14.0 Å². The quantitative estimate of drug-likeness (QED) is 0.428. The summed E-state index contributed by atoms with van der Waals surface area (Å²) < 4.78 is 6.49. The molecule has 4 rings (SSSR count). The number of likely N-dealkylation sites (N-methyl/N-ethyl adjacent to an activating group) is 1. The van der Waals surface area contributed by atoms with Crippen molar-refractivity contribution in [3.63, 3.8) is 0 Å². The van der Waals surface area contributed by atoms with E-state index in [-0.39, 0.29) is 17.6 Å². The molecule has 2 aromatic carbocycles. The van der Waals surface area contributed by atoms with Gasteiger partial charge in [-0.1, -0.05) is 48.5 Å². The molecule has 31 heavy (non-hydrogen) atoms. The number of ketones is 1. The topological polar surface area (TPSA) is 46.6 Å². The minimum atomic E-state index is -1.86. The van der Waals surface area contributed by atoms with Crippen LogP contribution in [0.15, 0.2) is 66.4 Å². The molecular formula is C26H31NO3Si. The van der Waals surface area contributed by atoms with Crippen LogP contribution in [0.25, 0.3) is 0 Å². The molecule has 0 radical (unpaired) electrons. The maximum atomic E-state index is 14.0. The van der Waals surface area contributed by atoms with Gasteiger partial charge in [0.15, 0.2) is 5.78 Å². The van der Waals surface area contributed by atoms with Crippen molar-refractivity contribution in [1.29, 1.82) is 0 Å². The fourth-order valence-electron chi connectivity index (χ4n) is 4.93. The molecule has 0 N–H and O–H groups in total. The van der Waals surface area contributed by atoms with Crippen LogP contribution in [0.3, 0.4) is 0 Å². The van der Waals surface area contributed by atoms with Crippen molar-refractivity contribution in [2.75, 3.05) is 11.9 Å². The van der Waals surface area contributed by atoms with Crippen LogP contribution in [0.4, 0.5) is 5.69 Å². The summed E-state index contributed by atoms with van der Waals surface area (Å²) in [5.41, 5.74) is 2.50. The molecule has 1 amide bonds. The molecule has 0 aromatic heterocycles. The van der Waals surface area contributed by atoms with E-state index in [1.54, 1.807) is 11.9 Å². The number of para-hydroxylation sites is 1. The Morgan fingerprint density at radius 3 is 2.45 bits per heavy atom. The van der Waals surface area contributed by atoms with Gasteiger partial charge in [-0.15, -0.1) is 0 Å². The summed E-state index contributed by atoms with van der Waals surface area (Å²) in [6, 6.07) is 17.3. The van der Waals surface area contributed by atoms with E-state index >= 15 is 0 Å². The van der Waals surface area contributed by atoms with E-state index < -0.39 is 20.2 Å². The normalized spacial score (nSPS) is 22.0. The van der Waals surface area contributed by atoms with Crippen LogP contribution in [0.1, 0.15) is 41.1 Å². The molecular weight excluding hydrogens is 402 g/mol. The molecule has 0 fully saturated rings. The lowest BCUT2D eigenvalue weighted by molar-refractivity contribution is -0.120. The molecule has 3 unspecified atom stereocenters. The monoisotopic (exact) mass is 433 g/mol. The van der Waals surface area contributed by atoms with Crippen LogP contribution in [0.5, 0.6) is 0 Å². The molecule has 0 bridgehead atoms. The SMILES string of the molecule is CN1C(=O)C(C(C(=O)c2ccccc2)C2CCCC=C2O[Si](C)(C)C)c2ccccc21. The Kier molecular flexibility index (Phi) is 5.89. The third kappa shape index (κ3) is 4.24. The molecule has 5 heteroatoms. The highest BCUT2D eigenvalue weighted by molar-refractivity contribution is 6.70. The minimum absolute atomic E-state index is 0.00610. The van der Waals surface area contributed by atoms with Crippen molar-refractivity contribution in [1.82, 2.24) is 0 Å². The Morgan fingerprint density at radius 2 is 1.74 bits per heavy atom. The highest BCUT2D eigenvalue weighted by Crippen LogP contribution is 2.48. The number of carbonyl (C=O) groups excluding carboxylic acids is 2. The lowest BCUT2D eigenvalue weighted by Gasteiger charge is -2.36. The van der Waals surface area contributed by atoms with Crippen molar-refractivity contribution in [2.45, 2.75) is 44.8 Å². The van der Waals surface area contributed by atoms with Crippen molar-refractivity contribution in [3.8, 4) is 0 Å². The number of hydrogen-bond donors (Lipinski definition) is 0. The number of nitrogens with zero attached hydrogens (tertiary/aromatic N) is 1. The Bertz CT molecular complexity index is 1010. The summed E-state index contributed by atoms with van der Waals surface area (Å²) in [6.45, 7) is 6.49. The Hall–Kier alpha value is -2.66. The zero-order valence-electron chi connectivity index (χ0n) is 18.8. The predicted molar refractivity (Wildman–Crippen MR) is 127 cm³/mol. The molecule has 1 heterocycles. The Balaban J connectivity index is 1.83. The van der Waals surface area contributed by atoms with Gasteiger partial charge in [-0.2, -0.15) is 0 Å². The van der Waals surface area contributed by atoms with Crippen LogP contribution in [-0.4, -0.2) is 27.1 Å². The molecule has 2 aliphatic rings. The van der Waals surface area contributed by atoms with E-state index in [2.05, 4.69) is 25.7 Å². The second-order valence-electron chi connectivity index (χ2n) is 9.55. The standard InChI is InChI=1S/C26H31NO3Si/c1-27-21-16-10-8-14-19(21)24(26(27)29)23(25(28)18-12-6-5-7-13-18)20-15-9-11-17-22(20)30-31(2,3)4/h5-8,10,12-14,16-17,20,23-24H,9,11,15H2,1-4H3. The third-order valence-corrected chi connectivity index (χ3v) is 7.09. The lowest BCUT2D eigenvalue weighted by atomic mass is 9.70. The maximum absolute atomic E-state index is 14.0. The highest BCUT2D eigenvalue weighted by Gasteiger charge is 2.48. The number of anilines is 1. The van der Waals surface area contributed by atoms with E-state index in [0.717, 1.165) is 36.3 Å². The summed E-state index contributed by atoms with van der Waals surface area (Å²) in [7, 11) is -0.0561. The molecule has 0 saturated heterocycles. The Labute approximate surface area is 186 Å². The van der Waals surface area contributed by atoms with Gasteiger partial charge in [0.25, 0.3) is 0 Å². The number of Topliss-reactive ketones (excluding diaryl/α,β-unsaturated/α-hetero) is 1. The zero-order chi connectivity index (χ0) is 22.2. The van der Waals surface area contributed by atoms with Crippen LogP contribution in [0.2, 0.25) is 19.6 Å². The van der Waals surface area contributed by atoms with E-state index in [9.17, 15) is 9.59 Å². The summed E-state index contributed by atoms with van der Waals surface area (Å²) in [5.74, 6) is -0.134. The van der Waals surface area contributed by atoms with Gasteiger partial charge in [0.05, 0.1) is 11.7 Å². The second kappa shape index (κ2) is 8.46. The second-order valence-corrected chi connectivity index (χ2v) is 14.0. The van der Waals surface area contributed by atoms with Crippen LogP contribution >= 0.6 is 0 Å². The van der Waals surface area contributed by atoms with Crippen LogP contribution in [0, 0.1) is 11.8 Å². The van der Waals surface area contributed by atoms with Gasteiger partial charge in [-0.3, -0.25) is 9.59 Å². The first-order chi connectivity index (χ1) is 14.8. The summed E-state index contributed by atoms with van der Waals surface area (Å²) in [4.78, 5) is 29.2. The molecule has 1 aliphatic heterocycles. The van der Waals surface area contributed by atoms with Gasteiger partial charge >= 0.3 is 0 Å². The van der Waals surface area contributed by atoms with Gasteiger partial charge in [0.1, 0.15) is 0 Å². The smallest absolute Gasteiger partial charge is 0.241 e. The zero-order valence-corrected chi connectivity index (χ0v) is 19.8. The molecule has 162 valence electrons. The number of amides is 1. The highest BCUT2D eigenvalue weighted by atomic mass is 28.4. The van der Waals surface area contributed by atoms with Crippen molar-refractivity contribution in [2.24, 2.45) is 11.8 Å². The first-order valence-electron chi connectivity index (χ1n) is 11.1. The number of rotatable bonds is 6. The van der Waals surface area contributed by atoms with Gasteiger partial charge in [-0.25, -0.2) is 0 Å². The van der Waals surface area contributed by atoms with E-state index in [0.29, 0.717) is 5.56 Å². The average molecular weight is 434 g/mol. The first kappa shape index (κ1) is 21.6. The first-order valence-corrected chi connectivity index (χ1v) is 14.5. The molecule has 2 aromatic rings. The molecule has 1 aliphatic carbocycles. The summed E-state index contributed by atoms with van der Waals surface area (Å²) in [5, 5.41) is 0. The number of benzene rings is 2. The largest absolute Gasteiger partial charge is 0.547 e. The summed E-state index contributed by atoms with van der Waals surface area (Å²) >= 11 is 0. The molecule has 0 spiro atoms. The van der Waals surface area contributed by atoms with E-state index in [1.165, 1.54) is 0 Å². The number of allylic oxidation sites excluding steroid dienone is 2. The van der Waals surface area contributed by atoms with Crippen LogP contribution < -0.4 is 4.90 Å². The number of hydrogen-bond acceptors (Lipinski definition) is 3. The van der Waals surface area contributed by atoms with Crippen molar-refractivity contribution >= 4 is 25.7 Å². The predicted octanol–water partition coefficient (Wildman–Crippen LogP) is 5.78. The molecule has 4 nitrogen and oxygen atoms in total. The molecule has 0 saturated carbocycles. The molecule has 3 atom stereocenters. The van der Waals surface area contributed by atoms with E-state index in [4.69, 9.17) is 4.43 Å². The lowest BCUT2D eigenvalue weighted by Crippen LogP contribution is -2.39. The Morgan fingerprint density at radius 1 is 1.06 bits per heavy atom. The fourth-order valence-corrected chi connectivity index (χ4v) is 5.87. The van der Waals surface area contributed by atoms with E-state index in [1.807, 2.05) is 54.6 Å². The third-order valence-electron chi connectivity index (χ3n) is 6.24. The van der Waals surface area contributed by atoms with Gasteiger partial charge in [0, 0.05) is 30.1 Å². The number of fused-ring (bicyclic) bond motifs is 1. The summed E-state index contributed by atoms with van der Waals surface area (Å²) in [6.07, 6.45) is 4.97. The van der Waals surface area contributed by atoms with Crippen molar-refractivity contribution in [3.05, 3.63) is 77.6 Å². The maximum Gasteiger partial charge on any atom is 0.241 e. The average Bonchev–Trinajstić information content (AvgIpc) is 3.00. The number of carbonyl (C=O) groups is 2.